The van der Waals surface area contributed by atoms with Gasteiger partial charge in [-0.15, -0.1) is 0 Å². The summed E-state index contributed by atoms with van der Waals surface area (Å²) >= 11 is 0. The van der Waals surface area contributed by atoms with Crippen LogP contribution < -0.4 is 5.32 Å². The lowest BCUT2D eigenvalue weighted by Crippen LogP contribution is -2.40. The molecule has 2 rings (SSSR count). The third kappa shape index (κ3) is 4.48. The van der Waals surface area contributed by atoms with E-state index in [2.05, 4.69) is 33.0 Å². The third-order valence-electron chi connectivity index (χ3n) is 6.09. The highest BCUT2D eigenvalue weighted by molar-refractivity contribution is 4.87. The lowest BCUT2D eigenvalue weighted by atomic mass is 9.68. The molecule has 20 heavy (non-hydrogen) atoms. The lowest BCUT2D eigenvalue weighted by Gasteiger charge is -2.40. The number of hydrogen-bond acceptors (Lipinski definition) is 1. The van der Waals surface area contributed by atoms with Gasteiger partial charge < -0.3 is 5.32 Å². The fourth-order valence-electron chi connectivity index (χ4n) is 4.70. The van der Waals surface area contributed by atoms with E-state index in [9.17, 15) is 0 Å². The second-order valence-electron chi connectivity index (χ2n) is 8.53. The van der Waals surface area contributed by atoms with Crippen LogP contribution in [0.25, 0.3) is 0 Å². The minimum atomic E-state index is 0.518. The predicted octanol–water partition coefficient (Wildman–Crippen LogP) is 5.40. The molecule has 0 amide bonds. The Hall–Kier alpha value is -0.0400. The molecule has 0 saturated heterocycles. The molecular formula is C19H37N. The Morgan fingerprint density at radius 2 is 1.55 bits per heavy atom. The van der Waals surface area contributed by atoms with Gasteiger partial charge in [-0.05, 0) is 61.8 Å². The van der Waals surface area contributed by atoms with Crippen molar-refractivity contribution in [3.8, 4) is 0 Å². The summed E-state index contributed by atoms with van der Waals surface area (Å²) in [6.45, 7) is 10.7. The molecule has 1 atom stereocenters. The lowest BCUT2D eigenvalue weighted by molar-refractivity contribution is 0.126. The van der Waals surface area contributed by atoms with Crippen LogP contribution in [0.2, 0.25) is 0 Å². The summed E-state index contributed by atoms with van der Waals surface area (Å²) in [5.74, 6) is 2.93. The number of rotatable bonds is 5. The third-order valence-corrected chi connectivity index (χ3v) is 6.09. The zero-order chi connectivity index (χ0) is 14.6. The Morgan fingerprint density at radius 1 is 0.950 bits per heavy atom. The number of nitrogens with one attached hydrogen (secondary N) is 1. The molecule has 2 aliphatic carbocycles. The van der Waals surface area contributed by atoms with Crippen LogP contribution in [0, 0.1) is 23.2 Å². The summed E-state index contributed by atoms with van der Waals surface area (Å²) in [6.07, 6.45) is 13.3. The van der Waals surface area contributed by atoms with Crippen molar-refractivity contribution < 1.29 is 0 Å². The molecule has 118 valence electrons. The van der Waals surface area contributed by atoms with Crippen LogP contribution >= 0.6 is 0 Å². The first-order valence-corrected chi connectivity index (χ1v) is 9.24. The fourth-order valence-corrected chi connectivity index (χ4v) is 4.70. The van der Waals surface area contributed by atoms with Crippen LogP contribution in [-0.4, -0.2) is 12.6 Å². The van der Waals surface area contributed by atoms with Gasteiger partial charge in [0.05, 0.1) is 0 Å². The summed E-state index contributed by atoms with van der Waals surface area (Å²) in [5.41, 5.74) is 0.518. The van der Waals surface area contributed by atoms with E-state index >= 15 is 0 Å². The number of hydrogen-bond donors (Lipinski definition) is 1. The molecule has 0 aromatic rings. The standard InChI is InChI=1S/C19H37N/c1-5-20-18(14-15-8-6-7-9-15)16-10-12-17(13-11-16)19(2,3)4/h15-18,20H,5-14H2,1-4H3. The molecule has 0 aliphatic heterocycles. The Morgan fingerprint density at radius 3 is 2.05 bits per heavy atom. The van der Waals surface area contributed by atoms with Gasteiger partial charge in [-0.3, -0.25) is 0 Å². The first-order valence-electron chi connectivity index (χ1n) is 9.24. The van der Waals surface area contributed by atoms with Crippen molar-refractivity contribution >= 4 is 0 Å². The summed E-state index contributed by atoms with van der Waals surface area (Å²) in [7, 11) is 0. The molecule has 1 N–H and O–H groups in total. The van der Waals surface area contributed by atoms with Crippen molar-refractivity contribution in [2.24, 2.45) is 23.2 Å². The molecule has 0 bridgehead atoms. The maximum Gasteiger partial charge on any atom is 0.00978 e. The summed E-state index contributed by atoms with van der Waals surface area (Å²) in [6, 6.07) is 0.809. The molecule has 0 heterocycles. The largest absolute Gasteiger partial charge is 0.314 e. The van der Waals surface area contributed by atoms with E-state index < -0.39 is 0 Å². The van der Waals surface area contributed by atoms with E-state index in [4.69, 9.17) is 0 Å². The van der Waals surface area contributed by atoms with Gasteiger partial charge in [-0.25, -0.2) is 0 Å². The zero-order valence-corrected chi connectivity index (χ0v) is 14.4. The van der Waals surface area contributed by atoms with Gasteiger partial charge in [-0.1, -0.05) is 53.4 Å². The van der Waals surface area contributed by atoms with Gasteiger partial charge in [0.2, 0.25) is 0 Å². The smallest absolute Gasteiger partial charge is 0.00978 e. The maximum atomic E-state index is 3.83. The first-order chi connectivity index (χ1) is 9.50. The van der Waals surface area contributed by atoms with Crippen LogP contribution in [0.3, 0.4) is 0 Å². The second kappa shape index (κ2) is 7.29. The molecule has 1 unspecified atom stereocenters. The molecule has 2 saturated carbocycles. The SMILES string of the molecule is CCNC(CC1CCCC1)C1CCC(C(C)(C)C)CC1. The second-order valence-corrected chi connectivity index (χ2v) is 8.53. The normalized spacial score (nSPS) is 30.6. The molecule has 1 nitrogen and oxygen atoms in total. The molecule has 2 aliphatic rings. The monoisotopic (exact) mass is 279 g/mol. The predicted molar refractivity (Wildman–Crippen MR) is 88.9 cm³/mol. The van der Waals surface area contributed by atoms with Gasteiger partial charge in [-0.2, -0.15) is 0 Å². The van der Waals surface area contributed by atoms with Gasteiger partial charge in [0.15, 0.2) is 0 Å². The van der Waals surface area contributed by atoms with E-state index in [1.54, 1.807) is 0 Å². The highest BCUT2D eigenvalue weighted by atomic mass is 14.9. The summed E-state index contributed by atoms with van der Waals surface area (Å²) in [4.78, 5) is 0. The molecule has 0 radical (unpaired) electrons. The van der Waals surface area contributed by atoms with Crippen LogP contribution in [0.5, 0.6) is 0 Å². The van der Waals surface area contributed by atoms with Crippen molar-refractivity contribution in [3.63, 3.8) is 0 Å². The quantitative estimate of drug-likeness (QED) is 0.710. The van der Waals surface area contributed by atoms with Crippen molar-refractivity contribution in [2.45, 2.75) is 91.5 Å². The Labute approximate surface area is 127 Å². The van der Waals surface area contributed by atoms with Crippen molar-refractivity contribution in [1.29, 1.82) is 0 Å². The van der Waals surface area contributed by atoms with Gasteiger partial charge in [0.25, 0.3) is 0 Å². The van der Waals surface area contributed by atoms with Crippen molar-refractivity contribution in [3.05, 3.63) is 0 Å². The van der Waals surface area contributed by atoms with Gasteiger partial charge in [0, 0.05) is 6.04 Å². The van der Waals surface area contributed by atoms with Crippen LogP contribution in [0.1, 0.15) is 85.5 Å². The first kappa shape index (κ1) is 16.3. The average Bonchev–Trinajstić information content (AvgIpc) is 2.90. The molecule has 0 aromatic heterocycles. The Kier molecular flexibility index (Phi) is 5.95. The Balaban J connectivity index is 1.84. The summed E-state index contributed by atoms with van der Waals surface area (Å²) in [5, 5.41) is 3.83. The van der Waals surface area contributed by atoms with E-state index in [1.165, 1.54) is 57.8 Å². The van der Waals surface area contributed by atoms with E-state index in [1.807, 2.05) is 0 Å². The van der Waals surface area contributed by atoms with Gasteiger partial charge in [0.1, 0.15) is 0 Å². The summed E-state index contributed by atoms with van der Waals surface area (Å²) < 4.78 is 0. The zero-order valence-electron chi connectivity index (χ0n) is 14.4. The molecule has 0 aromatic carbocycles. The Bertz CT molecular complexity index is 264. The highest BCUT2D eigenvalue weighted by Crippen LogP contribution is 2.42. The van der Waals surface area contributed by atoms with Crippen molar-refractivity contribution in [2.75, 3.05) is 6.54 Å². The van der Waals surface area contributed by atoms with Crippen LogP contribution in [0.15, 0.2) is 0 Å². The van der Waals surface area contributed by atoms with Crippen LogP contribution in [0.4, 0.5) is 0 Å². The topological polar surface area (TPSA) is 12.0 Å². The van der Waals surface area contributed by atoms with Crippen molar-refractivity contribution in [1.82, 2.24) is 5.32 Å². The molecule has 1 heteroatoms. The van der Waals surface area contributed by atoms with E-state index in [-0.39, 0.29) is 0 Å². The maximum absolute atomic E-state index is 3.83. The van der Waals surface area contributed by atoms with Crippen LogP contribution in [-0.2, 0) is 0 Å². The fraction of sp³-hybridized carbons (Fsp3) is 1.00. The molecule has 2 fully saturated rings. The van der Waals surface area contributed by atoms with Gasteiger partial charge >= 0.3 is 0 Å². The highest BCUT2D eigenvalue weighted by Gasteiger charge is 2.33. The van der Waals surface area contributed by atoms with E-state index in [0.29, 0.717) is 5.41 Å². The van der Waals surface area contributed by atoms with E-state index in [0.717, 1.165) is 30.3 Å². The average molecular weight is 280 g/mol. The minimum Gasteiger partial charge on any atom is -0.314 e. The molecular weight excluding hydrogens is 242 g/mol. The minimum absolute atomic E-state index is 0.518. The molecule has 0 spiro atoms.